The normalized spacial score (nSPS) is 20.6. The highest BCUT2D eigenvalue weighted by molar-refractivity contribution is 6.77. The van der Waals surface area contributed by atoms with E-state index in [9.17, 15) is 0 Å². The van der Waals surface area contributed by atoms with Crippen molar-refractivity contribution in [2.45, 2.75) is 64.9 Å². The molecule has 1 rings (SSSR count). The quantitative estimate of drug-likeness (QED) is 0.374. The highest BCUT2D eigenvalue weighted by atomic mass is 28.3. The molecule has 1 unspecified atom stereocenters. The van der Waals surface area contributed by atoms with Crippen molar-refractivity contribution in [3.63, 3.8) is 0 Å². The van der Waals surface area contributed by atoms with Crippen LogP contribution in [0.5, 0.6) is 0 Å². The van der Waals surface area contributed by atoms with Crippen molar-refractivity contribution in [2.75, 3.05) is 19.8 Å². The lowest BCUT2D eigenvalue weighted by Gasteiger charge is -2.27. The minimum absolute atomic E-state index is 0.418. The van der Waals surface area contributed by atoms with Crippen LogP contribution in [-0.4, -0.2) is 34.0 Å². The van der Waals surface area contributed by atoms with Gasteiger partial charge in [0.05, 0.1) is 13.2 Å². The van der Waals surface area contributed by atoms with Crippen LogP contribution in [0.1, 0.15) is 33.6 Å². The summed E-state index contributed by atoms with van der Waals surface area (Å²) in [5.41, 5.74) is 0.490. The molecule has 1 heterocycles. The molecule has 0 aromatic heterocycles. The van der Waals surface area contributed by atoms with Gasteiger partial charge in [-0.3, -0.25) is 0 Å². The third kappa shape index (κ3) is 8.81. The van der Waals surface area contributed by atoms with Crippen LogP contribution >= 0.6 is 0 Å². The Morgan fingerprint density at radius 3 is 2.41 bits per heavy atom. The van der Waals surface area contributed by atoms with E-state index < -0.39 is 8.07 Å². The summed E-state index contributed by atoms with van der Waals surface area (Å²) in [7, 11) is -0.986. The molecule has 0 aliphatic carbocycles. The molecule has 17 heavy (non-hydrogen) atoms. The predicted octanol–water partition coefficient (Wildman–Crippen LogP) is 3.94. The molecule has 0 amide bonds. The lowest BCUT2D eigenvalue weighted by molar-refractivity contribution is 0.117. The van der Waals surface area contributed by atoms with Crippen LogP contribution in [0.25, 0.3) is 0 Å². The van der Waals surface area contributed by atoms with Crippen LogP contribution < -0.4 is 0 Å². The second-order valence-corrected chi connectivity index (χ2v) is 12.7. The number of epoxide rings is 1. The van der Waals surface area contributed by atoms with Crippen molar-refractivity contribution in [1.29, 1.82) is 0 Å². The van der Waals surface area contributed by atoms with Crippen LogP contribution in [0.3, 0.4) is 0 Å². The second kappa shape index (κ2) is 6.35. The average molecular weight is 258 g/mol. The zero-order valence-corrected chi connectivity index (χ0v) is 13.3. The molecule has 1 aliphatic rings. The zero-order chi connectivity index (χ0) is 12.9. The first-order chi connectivity index (χ1) is 7.79. The summed E-state index contributed by atoms with van der Waals surface area (Å²) in [5, 5.41) is 0. The van der Waals surface area contributed by atoms with Crippen LogP contribution in [0.2, 0.25) is 25.2 Å². The fraction of sp³-hybridized carbons (Fsp3) is 1.00. The Balaban J connectivity index is 2.01. The lowest BCUT2D eigenvalue weighted by Crippen LogP contribution is -2.27. The topological polar surface area (TPSA) is 21.8 Å². The van der Waals surface area contributed by atoms with E-state index in [1.54, 1.807) is 0 Å². The summed E-state index contributed by atoms with van der Waals surface area (Å²) >= 11 is 0. The molecule has 1 saturated heterocycles. The Morgan fingerprint density at radius 1 is 1.24 bits per heavy atom. The Kier molecular flexibility index (Phi) is 5.67. The van der Waals surface area contributed by atoms with Crippen LogP contribution in [0.15, 0.2) is 0 Å². The molecule has 0 aromatic rings. The minimum atomic E-state index is -0.986. The SMILES string of the molecule is CC(C)(C)CC[Si](C)(C)CCCOCC1CO1. The van der Waals surface area contributed by atoms with Gasteiger partial charge in [0.15, 0.2) is 0 Å². The Bertz CT molecular complexity index is 217. The lowest BCUT2D eigenvalue weighted by atomic mass is 9.94. The summed E-state index contributed by atoms with van der Waals surface area (Å²) in [6, 6.07) is 2.84. The molecule has 1 aliphatic heterocycles. The summed E-state index contributed by atoms with van der Waals surface area (Å²) < 4.78 is 10.7. The van der Waals surface area contributed by atoms with E-state index >= 15 is 0 Å². The fourth-order valence-corrected chi connectivity index (χ4v) is 4.65. The molecule has 2 nitrogen and oxygen atoms in total. The fourth-order valence-electron chi connectivity index (χ4n) is 1.87. The van der Waals surface area contributed by atoms with Gasteiger partial charge in [-0.25, -0.2) is 0 Å². The molecule has 0 bridgehead atoms. The highest BCUT2D eigenvalue weighted by Gasteiger charge is 2.24. The average Bonchev–Trinajstić information content (AvgIpc) is 2.97. The van der Waals surface area contributed by atoms with Gasteiger partial charge < -0.3 is 9.47 Å². The van der Waals surface area contributed by atoms with E-state index in [4.69, 9.17) is 9.47 Å². The first-order valence-electron chi connectivity index (χ1n) is 6.98. The smallest absolute Gasteiger partial charge is 0.104 e. The van der Waals surface area contributed by atoms with Gasteiger partial charge in [-0.05, 0) is 11.8 Å². The van der Waals surface area contributed by atoms with Crippen molar-refractivity contribution in [1.82, 2.24) is 0 Å². The maximum absolute atomic E-state index is 5.60. The van der Waals surface area contributed by atoms with Crippen molar-refractivity contribution >= 4 is 8.07 Å². The van der Waals surface area contributed by atoms with E-state index in [0.29, 0.717) is 11.5 Å². The molecule has 1 fully saturated rings. The molecular formula is C14H30O2Si. The van der Waals surface area contributed by atoms with Crippen LogP contribution in [0, 0.1) is 5.41 Å². The van der Waals surface area contributed by atoms with Gasteiger partial charge in [0, 0.05) is 14.7 Å². The minimum Gasteiger partial charge on any atom is -0.379 e. The maximum atomic E-state index is 5.60. The second-order valence-electron chi connectivity index (χ2n) is 7.36. The zero-order valence-electron chi connectivity index (χ0n) is 12.3. The third-order valence-corrected chi connectivity index (χ3v) is 6.71. The molecule has 0 saturated carbocycles. The highest BCUT2D eigenvalue weighted by Crippen LogP contribution is 2.28. The number of hydrogen-bond donors (Lipinski definition) is 0. The molecule has 3 heteroatoms. The molecule has 1 atom stereocenters. The van der Waals surface area contributed by atoms with E-state index in [0.717, 1.165) is 19.8 Å². The standard InChI is InChI=1S/C14H30O2Si/c1-14(2,3)7-10-17(4,5)9-6-8-15-11-13-12-16-13/h13H,6-12H2,1-5H3. The predicted molar refractivity (Wildman–Crippen MR) is 76.3 cm³/mol. The maximum Gasteiger partial charge on any atom is 0.104 e. The van der Waals surface area contributed by atoms with Gasteiger partial charge in [0.2, 0.25) is 0 Å². The van der Waals surface area contributed by atoms with Gasteiger partial charge in [-0.2, -0.15) is 0 Å². The third-order valence-electron chi connectivity index (χ3n) is 3.40. The van der Waals surface area contributed by atoms with Gasteiger partial charge in [0.25, 0.3) is 0 Å². The number of rotatable bonds is 8. The van der Waals surface area contributed by atoms with E-state index in [1.165, 1.54) is 24.9 Å². The summed E-state index contributed by atoms with van der Waals surface area (Å²) in [5.74, 6) is 0. The number of hydrogen-bond acceptors (Lipinski definition) is 2. The van der Waals surface area contributed by atoms with E-state index in [1.807, 2.05) is 0 Å². The summed E-state index contributed by atoms with van der Waals surface area (Å²) in [6.07, 6.45) is 3.01. The van der Waals surface area contributed by atoms with Crippen molar-refractivity contribution in [3.8, 4) is 0 Å². The Labute approximate surface area is 108 Å². The van der Waals surface area contributed by atoms with E-state index in [-0.39, 0.29) is 0 Å². The first kappa shape index (κ1) is 15.2. The summed E-state index contributed by atoms with van der Waals surface area (Å²) in [6.45, 7) is 14.7. The monoisotopic (exact) mass is 258 g/mol. The van der Waals surface area contributed by atoms with Crippen molar-refractivity contribution < 1.29 is 9.47 Å². The van der Waals surface area contributed by atoms with E-state index in [2.05, 4.69) is 33.9 Å². The molecule has 0 aromatic carbocycles. The van der Waals surface area contributed by atoms with Crippen molar-refractivity contribution in [3.05, 3.63) is 0 Å². The van der Waals surface area contributed by atoms with Crippen molar-refractivity contribution in [2.24, 2.45) is 5.41 Å². The van der Waals surface area contributed by atoms with Gasteiger partial charge in [-0.15, -0.1) is 0 Å². The molecule has 0 N–H and O–H groups in total. The molecule has 0 radical (unpaired) electrons. The number of ether oxygens (including phenoxy) is 2. The largest absolute Gasteiger partial charge is 0.379 e. The van der Waals surface area contributed by atoms with Gasteiger partial charge >= 0.3 is 0 Å². The van der Waals surface area contributed by atoms with Crippen LogP contribution in [-0.2, 0) is 9.47 Å². The molecular weight excluding hydrogens is 228 g/mol. The molecule has 102 valence electrons. The Hall–Kier alpha value is 0.137. The first-order valence-corrected chi connectivity index (χ1v) is 10.4. The van der Waals surface area contributed by atoms with Gasteiger partial charge in [-0.1, -0.05) is 52.4 Å². The van der Waals surface area contributed by atoms with Gasteiger partial charge in [0.1, 0.15) is 6.10 Å². The summed E-state index contributed by atoms with van der Waals surface area (Å²) in [4.78, 5) is 0. The van der Waals surface area contributed by atoms with Crippen LogP contribution in [0.4, 0.5) is 0 Å². The Morgan fingerprint density at radius 2 is 1.88 bits per heavy atom. The molecule has 0 spiro atoms.